The number of sulfonamides is 1. The molecule has 134 valence electrons. The van der Waals surface area contributed by atoms with Crippen LogP contribution in [-0.2, 0) is 10.0 Å². The van der Waals surface area contributed by atoms with E-state index in [4.69, 9.17) is 0 Å². The molecule has 2 aromatic carbocycles. The summed E-state index contributed by atoms with van der Waals surface area (Å²) in [5.41, 5.74) is 2.11. The molecule has 0 aliphatic heterocycles. The molecule has 0 heterocycles. The van der Waals surface area contributed by atoms with Crippen LogP contribution in [-0.4, -0.2) is 27.1 Å². The highest BCUT2D eigenvalue weighted by molar-refractivity contribution is 7.92. The summed E-state index contributed by atoms with van der Waals surface area (Å²) in [5.74, 6) is -0.176. The van der Waals surface area contributed by atoms with Crippen molar-refractivity contribution < 1.29 is 13.2 Å². The van der Waals surface area contributed by atoms with E-state index in [1.54, 1.807) is 31.2 Å². The Labute approximate surface area is 149 Å². The van der Waals surface area contributed by atoms with Gasteiger partial charge in [0.1, 0.15) is 0 Å². The lowest BCUT2D eigenvalue weighted by molar-refractivity contribution is 0.0935. The largest absolute Gasteiger partial charge is 0.345 e. The molecule has 1 N–H and O–H groups in total. The van der Waals surface area contributed by atoms with Gasteiger partial charge in [-0.15, -0.1) is 0 Å². The second kappa shape index (κ2) is 8.16. The first kappa shape index (κ1) is 19.0. The topological polar surface area (TPSA) is 66.5 Å². The minimum absolute atomic E-state index is 0.0588. The Kier molecular flexibility index (Phi) is 6.20. The molecule has 1 atom stereocenters. The molecule has 2 aromatic rings. The van der Waals surface area contributed by atoms with Gasteiger partial charge in [-0.25, -0.2) is 8.42 Å². The number of anilines is 1. The Balaban J connectivity index is 2.15. The summed E-state index contributed by atoms with van der Waals surface area (Å²) in [5, 5.41) is 3.02. The molecule has 0 aliphatic rings. The van der Waals surface area contributed by atoms with Crippen molar-refractivity contribution in [2.75, 3.05) is 17.1 Å². The lowest BCUT2D eigenvalue weighted by atomic mass is 10.0. The Morgan fingerprint density at radius 3 is 2.12 bits per heavy atom. The molecule has 0 spiro atoms. The molecular weight excluding hydrogens is 336 g/mol. The van der Waals surface area contributed by atoms with E-state index in [-0.39, 0.29) is 11.9 Å². The van der Waals surface area contributed by atoms with Crippen molar-refractivity contribution in [3.8, 4) is 0 Å². The number of amides is 1. The molecule has 2 rings (SSSR count). The minimum Gasteiger partial charge on any atom is -0.345 e. The molecule has 0 saturated carbocycles. The highest BCUT2D eigenvalue weighted by Gasteiger charge is 2.17. The van der Waals surface area contributed by atoms with Gasteiger partial charge in [0.25, 0.3) is 5.91 Å². The van der Waals surface area contributed by atoms with Gasteiger partial charge in [-0.1, -0.05) is 37.3 Å². The first-order valence-electron chi connectivity index (χ1n) is 8.30. The van der Waals surface area contributed by atoms with Crippen LogP contribution in [0.1, 0.15) is 42.2 Å². The number of hydrogen-bond acceptors (Lipinski definition) is 3. The average molecular weight is 360 g/mol. The van der Waals surface area contributed by atoms with Crippen molar-refractivity contribution in [3.05, 3.63) is 65.7 Å². The summed E-state index contributed by atoms with van der Waals surface area (Å²) in [6, 6.07) is 16.4. The highest BCUT2D eigenvalue weighted by atomic mass is 32.2. The van der Waals surface area contributed by atoms with E-state index in [1.807, 2.05) is 37.3 Å². The maximum Gasteiger partial charge on any atom is 0.251 e. The third-order valence-electron chi connectivity index (χ3n) is 4.02. The van der Waals surface area contributed by atoms with Gasteiger partial charge in [0, 0.05) is 12.1 Å². The van der Waals surface area contributed by atoms with E-state index in [2.05, 4.69) is 5.32 Å². The zero-order valence-corrected chi connectivity index (χ0v) is 15.6. The SMILES string of the molecule is CCC(NC(=O)c1ccc(N(CC)S(C)(=O)=O)cc1)c1ccccc1. The maximum atomic E-state index is 12.5. The molecule has 0 aliphatic carbocycles. The summed E-state index contributed by atoms with van der Waals surface area (Å²) >= 11 is 0. The number of nitrogens with zero attached hydrogens (tertiary/aromatic N) is 1. The third-order valence-corrected chi connectivity index (χ3v) is 5.29. The molecular formula is C19H24N2O3S. The Morgan fingerprint density at radius 2 is 1.64 bits per heavy atom. The van der Waals surface area contributed by atoms with Gasteiger partial charge in [-0.2, -0.15) is 0 Å². The van der Waals surface area contributed by atoms with Gasteiger partial charge in [0.2, 0.25) is 10.0 Å². The molecule has 0 radical (unpaired) electrons. The summed E-state index contributed by atoms with van der Waals surface area (Å²) in [7, 11) is -3.33. The standard InChI is InChI=1S/C19H24N2O3S/c1-4-18(15-9-7-6-8-10-15)20-19(22)16-11-13-17(14-12-16)21(5-2)25(3,23)24/h6-14,18H,4-5H2,1-3H3,(H,20,22). The lowest BCUT2D eigenvalue weighted by Crippen LogP contribution is -2.30. The predicted molar refractivity (Wildman–Crippen MR) is 101 cm³/mol. The summed E-state index contributed by atoms with van der Waals surface area (Å²) < 4.78 is 24.8. The lowest BCUT2D eigenvalue weighted by Gasteiger charge is -2.21. The van der Waals surface area contributed by atoms with Crippen molar-refractivity contribution in [1.82, 2.24) is 5.32 Å². The molecule has 25 heavy (non-hydrogen) atoms. The molecule has 6 heteroatoms. The summed E-state index contributed by atoms with van der Waals surface area (Å²) in [6.45, 7) is 4.13. The van der Waals surface area contributed by atoms with Crippen LogP contribution in [0, 0.1) is 0 Å². The van der Waals surface area contributed by atoms with Crippen LogP contribution in [0.25, 0.3) is 0 Å². The number of nitrogens with one attached hydrogen (secondary N) is 1. The number of hydrogen-bond donors (Lipinski definition) is 1. The Morgan fingerprint density at radius 1 is 1.04 bits per heavy atom. The molecule has 0 bridgehead atoms. The van der Waals surface area contributed by atoms with Gasteiger partial charge < -0.3 is 5.32 Å². The van der Waals surface area contributed by atoms with Gasteiger partial charge >= 0.3 is 0 Å². The fourth-order valence-corrected chi connectivity index (χ4v) is 3.71. The van der Waals surface area contributed by atoms with Gasteiger partial charge in [-0.3, -0.25) is 9.10 Å². The normalized spacial score (nSPS) is 12.4. The number of carbonyl (C=O) groups is 1. The minimum atomic E-state index is -3.33. The summed E-state index contributed by atoms with van der Waals surface area (Å²) in [4.78, 5) is 12.5. The van der Waals surface area contributed by atoms with Gasteiger partial charge in [0.15, 0.2) is 0 Å². The fourth-order valence-electron chi connectivity index (χ4n) is 2.74. The molecule has 1 unspecified atom stereocenters. The number of carbonyl (C=O) groups excluding carboxylic acids is 1. The van der Waals surface area contributed by atoms with Crippen LogP contribution in [0.15, 0.2) is 54.6 Å². The zero-order valence-electron chi connectivity index (χ0n) is 14.8. The van der Waals surface area contributed by atoms with Crippen LogP contribution in [0.5, 0.6) is 0 Å². The second-order valence-electron chi connectivity index (χ2n) is 5.82. The van der Waals surface area contributed by atoms with Crippen molar-refractivity contribution in [3.63, 3.8) is 0 Å². The van der Waals surface area contributed by atoms with E-state index >= 15 is 0 Å². The third kappa shape index (κ3) is 4.82. The van der Waals surface area contributed by atoms with Gasteiger partial charge in [0.05, 0.1) is 18.0 Å². The Hall–Kier alpha value is -2.34. The molecule has 0 aromatic heterocycles. The number of rotatable bonds is 7. The average Bonchev–Trinajstić information content (AvgIpc) is 2.60. The quantitative estimate of drug-likeness (QED) is 0.823. The van der Waals surface area contributed by atoms with Crippen molar-refractivity contribution >= 4 is 21.6 Å². The Bertz CT molecular complexity index is 802. The van der Waals surface area contributed by atoms with E-state index in [9.17, 15) is 13.2 Å². The molecule has 0 fully saturated rings. The van der Waals surface area contributed by atoms with Crippen LogP contribution in [0.2, 0.25) is 0 Å². The monoisotopic (exact) mass is 360 g/mol. The van der Waals surface area contributed by atoms with E-state index in [1.165, 1.54) is 10.6 Å². The summed E-state index contributed by atoms with van der Waals surface area (Å²) in [6.07, 6.45) is 1.95. The van der Waals surface area contributed by atoms with Gasteiger partial charge in [-0.05, 0) is 43.2 Å². The first-order valence-corrected chi connectivity index (χ1v) is 10.1. The number of benzene rings is 2. The predicted octanol–water partition coefficient (Wildman–Crippen LogP) is 3.35. The van der Waals surface area contributed by atoms with Crippen LogP contribution >= 0.6 is 0 Å². The van der Waals surface area contributed by atoms with Crippen LogP contribution in [0.3, 0.4) is 0 Å². The molecule has 5 nitrogen and oxygen atoms in total. The first-order chi connectivity index (χ1) is 11.9. The van der Waals surface area contributed by atoms with E-state index < -0.39 is 10.0 Å². The highest BCUT2D eigenvalue weighted by Crippen LogP contribution is 2.20. The molecule has 0 saturated heterocycles. The maximum absolute atomic E-state index is 12.5. The zero-order chi connectivity index (χ0) is 18.4. The molecule has 1 amide bonds. The van der Waals surface area contributed by atoms with Crippen molar-refractivity contribution in [2.24, 2.45) is 0 Å². The van der Waals surface area contributed by atoms with E-state index in [0.29, 0.717) is 17.8 Å². The van der Waals surface area contributed by atoms with Crippen LogP contribution in [0.4, 0.5) is 5.69 Å². The fraction of sp³-hybridized carbons (Fsp3) is 0.316. The second-order valence-corrected chi connectivity index (χ2v) is 7.73. The smallest absolute Gasteiger partial charge is 0.251 e. The van der Waals surface area contributed by atoms with Crippen molar-refractivity contribution in [1.29, 1.82) is 0 Å². The van der Waals surface area contributed by atoms with Crippen molar-refractivity contribution in [2.45, 2.75) is 26.3 Å². The van der Waals surface area contributed by atoms with Crippen LogP contribution < -0.4 is 9.62 Å². The van der Waals surface area contributed by atoms with E-state index in [0.717, 1.165) is 12.0 Å².